The Morgan fingerprint density at radius 2 is 1.44 bits per heavy atom. The van der Waals surface area contributed by atoms with Crippen molar-refractivity contribution in [3.8, 4) is 0 Å². The van der Waals surface area contributed by atoms with Crippen LogP contribution in [0.2, 0.25) is 0 Å². The zero-order chi connectivity index (χ0) is 7.28. The molecule has 0 spiro atoms. The summed E-state index contributed by atoms with van der Waals surface area (Å²) in [7, 11) is 0. The van der Waals surface area contributed by atoms with E-state index in [0.717, 1.165) is 0 Å². The highest BCUT2D eigenvalue weighted by atomic mass is 35.5. The summed E-state index contributed by atoms with van der Waals surface area (Å²) >= 11 is 10.1. The SMILES string of the molecule is OC(Cl)COCC(O)Cl. The third-order valence-corrected chi connectivity index (χ3v) is 0.763. The van der Waals surface area contributed by atoms with E-state index in [9.17, 15) is 0 Å². The van der Waals surface area contributed by atoms with Crippen LogP contribution in [-0.4, -0.2) is 34.6 Å². The molecule has 0 aromatic carbocycles. The summed E-state index contributed by atoms with van der Waals surface area (Å²) in [5.41, 5.74) is -2.05. The lowest BCUT2D eigenvalue weighted by Crippen LogP contribution is -2.14. The Morgan fingerprint density at radius 1 is 1.11 bits per heavy atom. The third-order valence-electron chi connectivity index (χ3n) is 0.511. The van der Waals surface area contributed by atoms with Crippen molar-refractivity contribution in [1.29, 1.82) is 0 Å². The highest BCUT2D eigenvalue weighted by molar-refractivity contribution is 6.19. The Labute approximate surface area is 63.1 Å². The van der Waals surface area contributed by atoms with Crippen LogP contribution in [0.25, 0.3) is 0 Å². The first-order valence-corrected chi connectivity index (χ1v) is 3.22. The van der Waals surface area contributed by atoms with Crippen molar-refractivity contribution in [2.45, 2.75) is 11.1 Å². The van der Waals surface area contributed by atoms with Gasteiger partial charge in [-0.2, -0.15) is 0 Å². The van der Waals surface area contributed by atoms with Crippen LogP contribution in [0.4, 0.5) is 0 Å². The number of hydrogen-bond acceptors (Lipinski definition) is 3. The van der Waals surface area contributed by atoms with E-state index in [2.05, 4.69) is 4.74 Å². The van der Waals surface area contributed by atoms with Gasteiger partial charge in [-0.25, -0.2) is 0 Å². The minimum atomic E-state index is -1.03. The fourth-order valence-electron chi connectivity index (χ4n) is 0.263. The zero-order valence-electron chi connectivity index (χ0n) is 4.63. The molecule has 0 bridgehead atoms. The van der Waals surface area contributed by atoms with Crippen molar-refractivity contribution < 1.29 is 14.9 Å². The van der Waals surface area contributed by atoms with Crippen molar-refractivity contribution in [3.05, 3.63) is 0 Å². The second kappa shape index (κ2) is 5.26. The summed E-state index contributed by atoms with van der Waals surface area (Å²) in [4.78, 5) is 0. The highest BCUT2D eigenvalue weighted by Gasteiger charge is 2.00. The van der Waals surface area contributed by atoms with Crippen LogP contribution in [0.5, 0.6) is 0 Å². The van der Waals surface area contributed by atoms with E-state index >= 15 is 0 Å². The summed E-state index contributed by atoms with van der Waals surface area (Å²) in [5.74, 6) is 0. The van der Waals surface area contributed by atoms with Gasteiger partial charge < -0.3 is 14.9 Å². The molecule has 2 atom stereocenters. The molecule has 0 aliphatic rings. The van der Waals surface area contributed by atoms with Crippen molar-refractivity contribution >= 4 is 23.2 Å². The fraction of sp³-hybridized carbons (Fsp3) is 1.00. The molecule has 9 heavy (non-hydrogen) atoms. The number of alkyl halides is 2. The van der Waals surface area contributed by atoms with E-state index in [1.807, 2.05) is 0 Å². The molecule has 3 nitrogen and oxygen atoms in total. The van der Waals surface area contributed by atoms with Gasteiger partial charge in [-0.3, -0.25) is 0 Å². The van der Waals surface area contributed by atoms with Gasteiger partial charge in [0, 0.05) is 0 Å². The van der Waals surface area contributed by atoms with E-state index in [0.29, 0.717) is 0 Å². The summed E-state index contributed by atoms with van der Waals surface area (Å²) < 4.78 is 4.59. The Bertz CT molecular complexity index is 58.8. The minimum Gasteiger partial charge on any atom is -0.375 e. The predicted octanol–water partition coefficient (Wildman–Crippen LogP) is 0.117. The minimum absolute atomic E-state index is 0.0225. The standard InChI is InChI=1S/C4H8Cl2O3/c5-3(7)1-9-2-4(6)8/h3-4,7-8H,1-2H2. The lowest BCUT2D eigenvalue weighted by Gasteiger charge is -2.04. The molecule has 0 rings (SSSR count). The van der Waals surface area contributed by atoms with Gasteiger partial charge >= 0.3 is 0 Å². The first-order chi connectivity index (χ1) is 4.13. The molecule has 0 heterocycles. The third kappa shape index (κ3) is 8.46. The molecule has 0 amide bonds. The Balaban J connectivity index is 2.91. The Morgan fingerprint density at radius 3 is 1.67 bits per heavy atom. The molecule has 56 valence electrons. The van der Waals surface area contributed by atoms with Gasteiger partial charge in [-0.15, -0.1) is 0 Å². The number of aliphatic hydroxyl groups excluding tert-OH is 2. The molecule has 2 unspecified atom stereocenters. The van der Waals surface area contributed by atoms with Crippen LogP contribution in [0.3, 0.4) is 0 Å². The lowest BCUT2D eigenvalue weighted by molar-refractivity contribution is 0.0395. The average Bonchev–Trinajstić information content (AvgIpc) is 1.63. The van der Waals surface area contributed by atoms with E-state index in [4.69, 9.17) is 33.4 Å². The Hall–Kier alpha value is 0.460. The molecule has 0 aliphatic carbocycles. The van der Waals surface area contributed by atoms with Crippen LogP contribution < -0.4 is 0 Å². The van der Waals surface area contributed by atoms with Crippen molar-refractivity contribution in [2.24, 2.45) is 0 Å². The monoisotopic (exact) mass is 174 g/mol. The molecule has 2 N–H and O–H groups in total. The average molecular weight is 175 g/mol. The van der Waals surface area contributed by atoms with Crippen LogP contribution in [0.15, 0.2) is 0 Å². The first-order valence-electron chi connectivity index (χ1n) is 2.35. The van der Waals surface area contributed by atoms with Crippen molar-refractivity contribution in [1.82, 2.24) is 0 Å². The second-order valence-corrected chi connectivity index (χ2v) is 2.41. The largest absolute Gasteiger partial charge is 0.375 e. The van der Waals surface area contributed by atoms with Gasteiger partial charge in [0.25, 0.3) is 0 Å². The number of aliphatic hydroxyl groups is 2. The molecule has 0 aromatic rings. The maximum Gasteiger partial charge on any atom is 0.151 e. The van der Waals surface area contributed by atoms with E-state index in [1.54, 1.807) is 0 Å². The summed E-state index contributed by atoms with van der Waals surface area (Å²) in [6, 6.07) is 0. The number of ether oxygens (including phenoxy) is 1. The lowest BCUT2D eigenvalue weighted by atomic mass is 10.7. The maximum atomic E-state index is 8.38. The van der Waals surface area contributed by atoms with Gasteiger partial charge in [0.1, 0.15) is 0 Å². The summed E-state index contributed by atoms with van der Waals surface area (Å²) in [6.45, 7) is -0.0450. The summed E-state index contributed by atoms with van der Waals surface area (Å²) in [6.07, 6.45) is 0. The van der Waals surface area contributed by atoms with Gasteiger partial charge in [0.05, 0.1) is 13.2 Å². The molecule has 0 aliphatic heterocycles. The molecule has 0 radical (unpaired) electrons. The molecular formula is C4H8Cl2O3. The Kier molecular flexibility index (Phi) is 5.53. The van der Waals surface area contributed by atoms with Crippen LogP contribution in [0.1, 0.15) is 0 Å². The quantitative estimate of drug-likeness (QED) is 0.596. The number of rotatable bonds is 4. The molecule has 0 saturated carbocycles. The fourth-order valence-corrected chi connectivity index (χ4v) is 0.441. The van der Waals surface area contributed by atoms with Gasteiger partial charge in [0.15, 0.2) is 11.1 Å². The maximum absolute atomic E-state index is 8.38. The molecule has 0 aromatic heterocycles. The van der Waals surface area contributed by atoms with Crippen LogP contribution in [-0.2, 0) is 4.74 Å². The first kappa shape index (κ1) is 9.46. The second-order valence-electron chi connectivity index (χ2n) is 1.41. The molecular weight excluding hydrogens is 167 g/mol. The highest BCUT2D eigenvalue weighted by Crippen LogP contribution is 1.94. The van der Waals surface area contributed by atoms with Crippen LogP contribution in [0, 0.1) is 0 Å². The summed E-state index contributed by atoms with van der Waals surface area (Å²) in [5, 5.41) is 16.8. The predicted molar refractivity (Wildman–Crippen MR) is 34.5 cm³/mol. The van der Waals surface area contributed by atoms with E-state index in [1.165, 1.54) is 0 Å². The normalized spacial score (nSPS) is 17.3. The number of hydrogen-bond donors (Lipinski definition) is 2. The van der Waals surface area contributed by atoms with Gasteiger partial charge in [-0.05, 0) is 0 Å². The van der Waals surface area contributed by atoms with Gasteiger partial charge in [-0.1, -0.05) is 23.2 Å². The zero-order valence-corrected chi connectivity index (χ0v) is 6.14. The van der Waals surface area contributed by atoms with Crippen molar-refractivity contribution in [2.75, 3.05) is 13.2 Å². The van der Waals surface area contributed by atoms with Crippen LogP contribution >= 0.6 is 23.2 Å². The molecule has 5 heteroatoms. The topological polar surface area (TPSA) is 49.7 Å². The van der Waals surface area contributed by atoms with E-state index < -0.39 is 11.1 Å². The number of halogens is 2. The van der Waals surface area contributed by atoms with Gasteiger partial charge in [0.2, 0.25) is 0 Å². The van der Waals surface area contributed by atoms with Crippen molar-refractivity contribution in [3.63, 3.8) is 0 Å². The molecule has 0 fully saturated rings. The molecule has 0 saturated heterocycles. The smallest absolute Gasteiger partial charge is 0.151 e. The van der Waals surface area contributed by atoms with E-state index in [-0.39, 0.29) is 13.2 Å².